The third-order valence-corrected chi connectivity index (χ3v) is 6.99. The van der Waals surface area contributed by atoms with Crippen molar-refractivity contribution in [1.82, 2.24) is 3.97 Å². The third-order valence-electron chi connectivity index (χ3n) is 4.22. The SMILES string of the molecule is O=S(=O)(c1ccccc1)n1ccc2c(CSc3ccccc3)cccc21. The molecule has 0 N–H and O–H groups in total. The number of nitrogens with zero attached hydrogens (tertiary/aromatic N) is 1. The summed E-state index contributed by atoms with van der Waals surface area (Å²) >= 11 is 1.74. The van der Waals surface area contributed by atoms with Crippen molar-refractivity contribution >= 4 is 32.7 Å². The molecule has 26 heavy (non-hydrogen) atoms. The number of rotatable bonds is 5. The molecule has 1 aromatic heterocycles. The van der Waals surface area contributed by atoms with Gasteiger partial charge in [0.15, 0.2) is 0 Å². The van der Waals surface area contributed by atoms with Gasteiger partial charge in [0, 0.05) is 22.2 Å². The van der Waals surface area contributed by atoms with Gasteiger partial charge in [0.1, 0.15) is 0 Å². The average molecular weight is 380 g/mol. The van der Waals surface area contributed by atoms with Gasteiger partial charge in [-0.05, 0) is 42.0 Å². The van der Waals surface area contributed by atoms with Crippen molar-refractivity contribution in [2.75, 3.05) is 0 Å². The Morgan fingerprint density at radius 2 is 1.46 bits per heavy atom. The molecular formula is C21H17NO2S2. The molecule has 0 fully saturated rings. The lowest BCUT2D eigenvalue weighted by molar-refractivity contribution is 0.589. The summed E-state index contributed by atoms with van der Waals surface area (Å²) in [6.45, 7) is 0. The van der Waals surface area contributed by atoms with Gasteiger partial charge in [-0.25, -0.2) is 12.4 Å². The van der Waals surface area contributed by atoms with E-state index in [9.17, 15) is 8.42 Å². The van der Waals surface area contributed by atoms with Crippen LogP contribution in [0.15, 0.2) is 101 Å². The van der Waals surface area contributed by atoms with Crippen LogP contribution in [-0.4, -0.2) is 12.4 Å². The molecular weight excluding hydrogens is 362 g/mol. The van der Waals surface area contributed by atoms with E-state index in [2.05, 4.69) is 18.2 Å². The minimum atomic E-state index is -3.60. The Morgan fingerprint density at radius 1 is 0.769 bits per heavy atom. The number of fused-ring (bicyclic) bond motifs is 1. The topological polar surface area (TPSA) is 39.1 Å². The Hall–Kier alpha value is -2.50. The summed E-state index contributed by atoms with van der Waals surface area (Å²) < 4.78 is 27.3. The first-order valence-corrected chi connectivity index (χ1v) is 10.7. The molecule has 0 radical (unpaired) electrons. The minimum absolute atomic E-state index is 0.293. The first kappa shape index (κ1) is 16.9. The summed E-state index contributed by atoms with van der Waals surface area (Å²) in [6.07, 6.45) is 1.64. The summed E-state index contributed by atoms with van der Waals surface area (Å²) in [5.74, 6) is 0.788. The Labute approximate surface area is 157 Å². The van der Waals surface area contributed by atoms with E-state index in [1.165, 1.54) is 8.87 Å². The van der Waals surface area contributed by atoms with Gasteiger partial charge < -0.3 is 0 Å². The molecule has 0 spiro atoms. The van der Waals surface area contributed by atoms with Gasteiger partial charge in [-0.1, -0.05) is 48.5 Å². The van der Waals surface area contributed by atoms with E-state index in [-0.39, 0.29) is 0 Å². The molecule has 4 aromatic rings. The number of hydrogen-bond acceptors (Lipinski definition) is 3. The second-order valence-corrected chi connectivity index (χ2v) is 8.75. The first-order valence-electron chi connectivity index (χ1n) is 8.24. The highest BCUT2D eigenvalue weighted by atomic mass is 32.2. The zero-order valence-corrected chi connectivity index (χ0v) is 15.6. The van der Waals surface area contributed by atoms with Crippen molar-refractivity contribution in [2.45, 2.75) is 15.5 Å². The second-order valence-electron chi connectivity index (χ2n) is 5.88. The summed E-state index contributed by atoms with van der Waals surface area (Å²) in [5.41, 5.74) is 1.83. The molecule has 130 valence electrons. The molecule has 0 unspecified atom stereocenters. The van der Waals surface area contributed by atoms with Crippen LogP contribution in [0.3, 0.4) is 0 Å². The molecule has 0 aliphatic rings. The van der Waals surface area contributed by atoms with Crippen LogP contribution in [-0.2, 0) is 15.8 Å². The fraction of sp³-hybridized carbons (Fsp3) is 0.0476. The van der Waals surface area contributed by atoms with Crippen LogP contribution in [0, 0.1) is 0 Å². The van der Waals surface area contributed by atoms with E-state index in [4.69, 9.17) is 0 Å². The van der Waals surface area contributed by atoms with Gasteiger partial charge >= 0.3 is 0 Å². The van der Waals surface area contributed by atoms with Gasteiger partial charge in [0.25, 0.3) is 10.0 Å². The molecule has 0 bridgehead atoms. The van der Waals surface area contributed by atoms with Crippen molar-refractivity contribution in [1.29, 1.82) is 0 Å². The third kappa shape index (κ3) is 3.16. The first-order chi connectivity index (χ1) is 12.7. The van der Waals surface area contributed by atoms with E-state index in [1.807, 2.05) is 42.5 Å². The second kappa shape index (κ2) is 7.02. The van der Waals surface area contributed by atoms with Crippen LogP contribution in [0.4, 0.5) is 0 Å². The number of hydrogen-bond donors (Lipinski definition) is 0. The standard InChI is InChI=1S/C21H17NO2S2/c23-26(24,19-11-5-2-6-12-19)22-15-14-20-17(8-7-13-21(20)22)16-25-18-9-3-1-4-10-18/h1-15H,16H2. The predicted octanol–water partition coefficient (Wildman–Crippen LogP) is 5.17. The molecule has 0 saturated carbocycles. The molecule has 0 aliphatic carbocycles. The molecule has 4 rings (SSSR count). The van der Waals surface area contributed by atoms with Gasteiger partial charge in [-0.15, -0.1) is 11.8 Å². The molecule has 0 amide bonds. The molecule has 1 heterocycles. The van der Waals surface area contributed by atoms with Crippen LogP contribution in [0.1, 0.15) is 5.56 Å². The normalized spacial score (nSPS) is 11.7. The summed E-state index contributed by atoms with van der Waals surface area (Å²) in [5, 5.41) is 0.968. The lowest BCUT2D eigenvalue weighted by atomic mass is 10.1. The highest BCUT2D eigenvalue weighted by Gasteiger charge is 2.19. The zero-order chi connectivity index (χ0) is 18.0. The van der Waals surface area contributed by atoms with Crippen molar-refractivity contribution < 1.29 is 8.42 Å². The predicted molar refractivity (Wildman–Crippen MR) is 107 cm³/mol. The number of benzene rings is 3. The van der Waals surface area contributed by atoms with Crippen LogP contribution in [0.2, 0.25) is 0 Å². The van der Waals surface area contributed by atoms with Gasteiger partial charge in [-0.2, -0.15) is 0 Å². The van der Waals surface area contributed by atoms with Crippen LogP contribution < -0.4 is 0 Å². The highest BCUT2D eigenvalue weighted by molar-refractivity contribution is 7.98. The Balaban J connectivity index is 1.72. The summed E-state index contributed by atoms with van der Waals surface area (Å²) in [7, 11) is -3.60. The maximum atomic E-state index is 13.0. The smallest absolute Gasteiger partial charge is 0.241 e. The molecule has 5 heteroatoms. The Bertz CT molecular complexity index is 1130. The molecule has 0 aliphatic heterocycles. The van der Waals surface area contributed by atoms with E-state index in [0.29, 0.717) is 10.4 Å². The van der Waals surface area contributed by atoms with Gasteiger partial charge in [0.2, 0.25) is 0 Å². The summed E-state index contributed by atoms with van der Waals surface area (Å²) in [4.78, 5) is 1.49. The average Bonchev–Trinajstić information content (AvgIpc) is 3.13. The van der Waals surface area contributed by atoms with Crippen LogP contribution in [0.25, 0.3) is 10.9 Å². The number of thioether (sulfide) groups is 1. The highest BCUT2D eigenvalue weighted by Crippen LogP contribution is 2.29. The van der Waals surface area contributed by atoms with E-state index < -0.39 is 10.0 Å². The zero-order valence-electron chi connectivity index (χ0n) is 13.9. The van der Waals surface area contributed by atoms with Crippen LogP contribution in [0.5, 0.6) is 0 Å². The van der Waals surface area contributed by atoms with E-state index in [1.54, 1.807) is 42.2 Å². The Kier molecular flexibility index (Phi) is 4.57. The quantitative estimate of drug-likeness (QED) is 0.449. The lowest BCUT2D eigenvalue weighted by Crippen LogP contribution is -2.11. The van der Waals surface area contributed by atoms with Gasteiger partial charge in [0.05, 0.1) is 10.4 Å². The Morgan fingerprint density at radius 3 is 2.19 bits per heavy atom. The van der Waals surface area contributed by atoms with E-state index in [0.717, 1.165) is 16.7 Å². The monoisotopic (exact) mass is 379 g/mol. The molecule has 0 saturated heterocycles. The molecule has 0 atom stereocenters. The maximum Gasteiger partial charge on any atom is 0.268 e. The van der Waals surface area contributed by atoms with Gasteiger partial charge in [-0.3, -0.25) is 0 Å². The largest absolute Gasteiger partial charge is 0.268 e. The summed E-state index contributed by atoms with van der Waals surface area (Å²) in [6, 6.07) is 26.4. The van der Waals surface area contributed by atoms with Crippen molar-refractivity contribution in [3.8, 4) is 0 Å². The van der Waals surface area contributed by atoms with Crippen LogP contribution >= 0.6 is 11.8 Å². The lowest BCUT2D eigenvalue weighted by Gasteiger charge is -2.09. The van der Waals surface area contributed by atoms with Crippen molar-refractivity contribution in [2.24, 2.45) is 0 Å². The fourth-order valence-corrected chi connectivity index (χ4v) is 5.22. The maximum absolute atomic E-state index is 13.0. The fourth-order valence-electron chi connectivity index (χ4n) is 2.93. The van der Waals surface area contributed by atoms with Crippen molar-refractivity contribution in [3.63, 3.8) is 0 Å². The number of aromatic nitrogens is 1. The minimum Gasteiger partial charge on any atom is -0.241 e. The van der Waals surface area contributed by atoms with Crippen molar-refractivity contribution in [3.05, 3.63) is 96.7 Å². The molecule has 3 nitrogen and oxygen atoms in total. The van der Waals surface area contributed by atoms with E-state index >= 15 is 0 Å². The molecule has 3 aromatic carbocycles.